The Morgan fingerprint density at radius 3 is 3.00 bits per heavy atom. The normalized spacial score (nSPS) is 26.6. The van der Waals surface area contributed by atoms with Gasteiger partial charge < -0.3 is 15.2 Å². The average molecular weight is 219 g/mol. The van der Waals surface area contributed by atoms with E-state index >= 15 is 0 Å². The fraction of sp³-hybridized carbons (Fsp3) is 0.889. The first-order chi connectivity index (χ1) is 6.74. The van der Waals surface area contributed by atoms with E-state index in [-0.39, 0.29) is 6.10 Å². The van der Waals surface area contributed by atoms with Crippen LogP contribution in [0, 0.1) is 0 Å². The van der Waals surface area contributed by atoms with Crippen molar-refractivity contribution in [3.63, 3.8) is 0 Å². The van der Waals surface area contributed by atoms with Crippen molar-refractivity contribution >= 4 is 17.7 Å². The predicted octanol–water partition coefficient (Wildman–Crippen LogP) is 0.571. The Morgan fingerprint density at radius 1 is 1.64 bits per heavy atom. The van der Waals surface area contributed by atoms with Crippen LogP contribution in [0.5, 0.6) is 0 Å². The van der Waals surface area contributed by atoms with Crippen molar-refractivity contribution in [1.29, 1.82) is 0 Å². The molecule has 1 heterocycles. The number of carboxylic acid groups (broad SMARTS) is 1. The topological polar surface area (TPSA) is 58.6 Å². The van der Waals surface area contributed by atoms with Gasteiger partial charge in [0.05, 0.1) is 6.10 Å². The van der Waals surface area contributed by atoms with Gasteiger partial charge in [-0.3, -0.25) is 0 Å². The Labute approximate surface area is 88.4 Å². The van der Waals surface area contributed by atoms with Crippen molar-refractivity contribution in [3.8, 4) is 0 Å². The van der Waals surface area contributed by atoms with Crippen molar-refractivity contribution in [2.24, 2.45) is 0 Å². The van der Waals surface area contributed by atoms with Gasteiger partial charge in [-0.25, -0.2) is 4.79 Å². The van der Waals surface area contributed by atoms with Crippen molar-refractivity contribution in [2.75, 3.05) is 25.1 Å². The molecule has 82 valence electrons. The summed E-state index contributed by atoms with van der Waals surface area (Å²) in [5.74, 6) is 0.242. The quantitative estimate of drug-likeness (QED) is 0.640. The van der Waals surface area contributed by atoms with Gasteiger partial charge in [-0.15, -0.1) is 0 Å². The van der Waals surface area contributed by atoms with Crippen LogP contribution >= 0.6 is 11.8 Å². The Bertz CT molecular complexity index is 189. The van der Waals surface area contributed by atoms with Crippen LogP contribution in [0.15, 0.2) is 0 Å². The van der Waals surface area contributed by atoms with Crippen LogP contribution in [0.3, 0.4) is 0 Å². The first-order valence-electron chi connectivity index (χ1n) is 4.82. The van der Waals surface area contributed by atoms with Crippen LogP contribution in [-0.4, -0.2) is 48.4 Å². The average Bonchev–Trinajstić information content (AvgIpc) is 2.61. The monoisotopic (exact) mass is 219 g/mol. The molecule has 1 saturated heterocycles. The van der Waals surface area contributed by atoms with E-state index in [1.807, 2.05) is 0 Å². The van der Waals surface area contributed by atoms with Crippen molar-refractivity contribution in [3.05, 3.63) is 0 Å². The van der Waals surface area contributed by atoms with Gasteiger partial charge in [0.25, 0.3) is 0 Å². The van der Waals surface area contributed by atoms with E-state index in [0.29, 0.717) is 6.42 Å². The second-order valence-corrected chi connectivity index (χ2v) is 4.34. The van der Waals surface area contributed by atoms with E-state index in [4.69, 9.17) is 9.84 Å². The molecule has 5 heteroatoms. The molecule has 2 N–H and O–H groups in total. The smallest absolute Gasteiger partial charge is 0.332 e. The van der Waals surface area contributed by atoms with E-state index in [9.17, 15) is 4.79 Å². The second-order valence-electron chi connectivity index (χ2n) is 3.36. The zero-order valence-electron chi connectivity index (χ0n) is 8.36. The molecule has 1 aliphatic heterocycles. The van der Waals surface area contributed by atoms with Gasteiger partial charge in [0.2, 0.25) is 0 Å². The Morgan fingerprint density at radius 2 is 2.43 bits per heavy atom. The summed E-state index contributed by atoms with van der Waals surface area (Å²) in [4.78, 5) is 10.6. The summed E-state index contributed by atoms with van der Waals surface area (Å²) in [6, 6.07) is 0. The standard InChI is InChI=1S/C9H17NO3S/c1-14-5-4-10-6-7-2-3-8(13-7)9(11)12/h7-8,10H,2-6H2,1H3,(H,11,12). The fourth-order valence-electron chi connectivity index (χ4n) is 1.47. The summed E-state index contributed by atoms with van der Waals surface area (Å²) in [6.07, 6.45) is 3.06. The molecule has 0 saturated carbocycles. The zero-order valence-corrected chi connectivity index (χ0v) is 9.18. The van der Waals surface area contributed by atoms with E-state index in [1.54, 1.807) is 11.8 Å². The molecular weight excluding hydrogens is 202 g/mol. The largest absolute Gasteiger partial charge is 0.479 e. The van der Waals surface area contributed by atoms with Gasteiger partial charge in [-0.2, -0.15) is 11.8 Å². The van der Waals surface area contributed by atoms with E-state index < -0.39 is 12.1 Å². The van der Waals surface area contributed by atoms with Crippen molar-refractivity contribution in [2.45, 2.75) is 25.0 Å². The molecule has 1 aliphatic rings. The number of carboxylic acids is 1. The number of carbonyl (C=O) groups is 1. The number of ether oxygens (including phenoxy) is 1. The lowest BCUT2D eigenvalue weighted by atomic mass is 10.2. The van der Waals surface area contributed by atoms with Gasteiger partial charge in [0.15, 0.2) is 6.10 Å². The first-order valence-corrected chi connectivity index (χ1v) is 6.21. The maximum atomic E-state index is 10.6. The van der Waals surface area contributed by atoms with E-state index in [0.717, 1.165) is 25.3 Å². The highest BCUT2D eigenvalue weighted by molar-refractivity contribution is 7.98. The molecule has 0 aromatic heterocycles. The van der Waals surface area contributed by atoms with Crippen LogP contribution in [0.1, 0.15) is 12.8 Å². The lowest BCUT2D eigenvalue weighted by Crippen LogP contribution is -2.30. The molecular formula is C9H17NO3S. The van der Waals surface area contributed by atoms with Crippen LogP contribution < -0.4 is 5.32 Å². The molecule has 0 amide bonds. The van der Waals surface area contributed by atoms with Crippen LogP contribution in [-0.2, 0) is 9.53 Å². The summed E-state index contributed by atoms with van der Waals surface area (Å²) in [6.45, 7) is 1.73. The number of hydrogen-bond acceptors (Lipinski definition) is 4. The second kappa shape index (κ2) is 6.27. The molecule has 1 fully saturated rings. The molecule has 0 aromatic rings. The molecule has 0 aliphatic carbocycles. The van der Waals surface area contributed by atoms with Crippen molar-refractivity contribution in [1.82, 2.24) is 5.32 Å². The maximum absolute atomic E-state index is 10.6. The van der Waals surface area contributed by atoms with Crippen LogP contribution in [0.25, 0.3) is 0 Å². The maximum Gasteiger partial charge on any atom is 0.332 e. The van der Waals surface area contributed by atoms with E-state index in [2.05, 4.69) is 11.6 Å². The highest BCUT2D eigenvalue weighted by Crippen LogP contribution is 2.18. The Balaban J connectivity index is 2.07. The molecule has 0 radical (unpaired) electrons. The third kappa shape index (κ3) is 3.86. The highest BCUT2D eigenvalue weighted by atomic mass is 32.2. The van der Waals surface area contributed by atoms with Gasteiger partial charge in [0, 0.05) is 18.8 Å². The molecule has 14 heavy (non-hydrogen) atoms. The lowest BCUT2D eigenvalue weighted by molar-refractivity contribution is -0.149. The molecule has 2 unspecified atom stereocenters. The minimum atomic E-state index is -0.836. The molecule has 4 nitrogen and oxygen atoms in total. The summed E-state index contributed by atoms with van der Waals surface area (Å²) in [5.41, 5.74) is 0. The third-order valence-electron chi connectivity index (χ3n) is 2.24. The van der Waals surface area contributed by atoms with Gasteiger partial charge >= 0.3 is 5.97 Å². The molecule has 0 bridgehead atoms. The summed E-state index contributed by atoms with van der Waals surface area (Å²) >= 11 is 1.79. The predicted molar refractivity (Wildman–Crippen MR) is 56.8 cm³/mol. The third-order valence-corrected chi connectivity index (χ3v) is 2.85. The molecule has 0 spiro atoms. The van der Waals surface area contributed by atoms with Crippen LogP contribution in [0.2, 0.25) is 0 Å². The number of nitrogens with one attached hydrogen (secondary N) is 1. The van der Waals surface area contributed by atoms with Gasteiger partial charge in [0.1, 0.15) is 0 Å². The Hall–Kier alpha value is -0.260. The summed E-state index contributed by atoms with van der Waals surface area (Å²) in [5, 5.41) is 11.9. The highest BCUT2D eigenvalue weighted by Gasteiger charge is 2.29. The SMILES string of the molecule is CSCCNCC1CCC(C(=O)O)O1. The molecule has 1 rings (SSSR count). The summed E-state index contributed by atoms with van der Waals surface area (Å²) in [7, 11) is 0. The number of aliphatic carboxylic acids is 1. The van der Waals surface area contributed by atoms with Crippen LogP contribution in [0.4, 0.5) is 0 Å². The Kier molecular flexibility index (Phi) is 5.29. The van der Waals surface area contributed by atoms with Crippen molar-refractivity contribution < 1.29 is 14.6 Å². The van der Waals surface area contributed by atoms with Gasteiger partial charge in [-0.05, 0) is 19.1 Å². The number of thioether (sulfide) groups is 1. The zero-order chi connectivity index (χ0) is 10.4. The molecule has 0 aromatic carbocycles. The fourth-order valence-corrected chi connectivity index (χ4v) is 1.82. The molecule has 2 atom stereocenters. The number of hydrogen-bond donors (Lipinski definition) is 2. The number of rotatable bonds is 6. The van der Waals surface area contributed by atoms with Gasteiger partial charge in [-0.1, -0.05) is 0 Å². The minimum absolute atomic E-state index is 0.0814. The van der Waals surface area contributed by atoms with E-state index in [1.165, 1.54) is 0 Å². The minimum Gasteiger partial charge on any atom is -0.479 e. The summed E-state index contributed by atoms with van der Waals surface area (Å²) < 4.78 is 5.33. The first kappa shape index (κ1) is 11.8. The lowest BCUT2D eigenvalue weighted by Gasteiger charge is -2.11.